The van der Waals surface area contributed by atoms with Crippen molar-refractivity contribution < 1.29 is 9.84 Å². The second kappa shape index (κ2) is 4.55. The topological polar surface area (TPSA) is 45.2 Å². The summed E-state index contributed by atoms with van der Waals surface area (Å²) in [5, 5.41) is 10.3. The van der Waals surface area contributed by atoms with Crippen molar-refractivity contribution >= 4 is 22.5 Å². The van der Waals surface area contributed by atoms with Crippen LogP contribution in [0.5, 0.6) is 5.75 Å². The Morgan fingerprint density at radius 3 is 3.07 bits per heavy atom. The fourth-order valence-electron chi connectivity index (χ4n) is 1.41. The highest BCUT2D eigenvalue weighted by Gasteiger charge is 2.06. The van der Waals surface area contributed by atoms with Crippen LogP contribution in [0.2, 0.25) is 0 Å². The Morgan fingerprint density at radius 1 is 1.40 bits per heavy atom. The Kier molecular flexibility index (Phi) is 3.14. The number of hydrogen-bond acceptors (Lipinski definition) is 2. The van der Waals surface area contributed by atoms with E-state index < -0.39 is 6.10 Å². The number of fused-ring (bicyclic) bond motifs is 1. The molecule has 0 aliphatic heterocycles. The van der Waals surface area contributed by atoms with Gasteiger partial charge in [0.2, 0.25) is 0 Å². The molecule has 0 aliphatic carbocycles. The Bertz CT molecular complexity index is 441. The molecular weight excluding hydrogens is 214 g/mol. The van der Waals surface area contributed by atoms with Gasteiger partial charge in [-0.05, 0) is 18.2 Å². The van der Waals surface area contributed by atoms with Crippen LogP contribution in [-0.4, -0.2) is 28.7 Å². The number of alkyl halides is 1. The Balaban J connectivity index is 2.17. The van der Waals surface area contributed by atoms with Crippen LogP contribution in [0.15, 0.2) is 30.5 Å². The van der Waals surface area contributed by atoms with Crippen molar-refractivity contribution in [2.75, 3.05) is 12.5 Å². The zero-order valence-corrected chi connectivity index (χ0v) is 8.87. The van der Waals surface area contributed by atoms with Gasteiger partial charge in [-0.2, -0.15) is 0 Å². The lowest BCUT2D eigenvalue weighted by molar-refractivity contribution is 0.126. The van der Waals surface area contributed by atoms with E-state index in [0.717, 1.165) is 16.7 Å². The van der Waals surface area contributed by atoms with E-state index in [-0.39, 0.29) is 12.5 Å². The number of H-pyrrole nitrogens is 1. The van der Waals surface area contributed by atoms with Crippen LogP contribution < -0.4 is 4.74 Å². The second-order valence-electron chi connectivity index (χ2n) is 3.31. The highest BCUT2D eigenvalue weighted by atomic mass is 35.5. The number of aromatic amines is 1. The summed E-state index contributed by atoms with van der Waals surface area (Å²) in [5.41, 5.74) is 1.02. The van der Waals surface area contributed by atoms with Crippen LogP contribution >= 0.6 is 11.6 Å². The molecule has 0 bridgehead atoms. The maximum Gasteiger partial charge on any atom is 0.128 e. The molecule has 3 nitrogen and oxygen atoms in total. The molecular formula is C11H12ClNO2. The summed E-state index contributed by atoms with van der Waals surface area (Å²) < 4.78 is 5.48. The van der Waals surface area contributed by atoms with Gasteiger partial charge < -0.3 is 14.8 Å². The average Bonchev–Trinajstić information content (AvgIpc) is 2.74. The molecule has 1 unspecified atom stereocenters. The molecule has 80 valence electrons. The van der Waals surface area contributed by atoms with Crippen LogP contribution in [0.3, 0.4) is 0 Å². The molecule has 2 rings (SSSR count). The van der Waals surface area contributed by atoms with E-state index in [0.29, 0.717) is 0 Å². The third-order valence-corrected chi connectivity index (χ3v) is 2.52. The molecule has 15 heavy (non-hydrogen) atoms. The normalized spacial score (nSPS) is 12.9. The van der Waals surface area contributed by atoms with Gasteiger partial charge in [0.15, 0.2) is 0 Å². The molecule has 1 heterocycles. The van der Waals surface area contributed by atoms with Gasteiger partial charge in [-0.25, -0.2) is 0 Å². The molecule has 0 fully saturated rings. The summed E-state index contributed by atoms with van der Waals surface area (Å²) in [6.07, 6.45) is 1.23. The number of nitrogens with one attached hydrogen (secondary N) is 1. The molecule has 4 heteroatoms. The number of aliphatic hydroxyl groups is 1. The summed E-state index contributed by atoms with van der Waals surface area (Å²) >= 11 is 5.48. The monoisotopic (exact) mass is 225 g/mol. The van der Waals surface area contributed by atoms with E-state index in [1.807, 2.05) is 30.5 Å². The van der Waals surface area contributed by atoms with Crippen LogP contribution in [0.25, 0.3) is 10.9 Å². The van der Waals surface area contributed by atoms with Crippen molar-refractivity contribution in [3.63, 3.8) is 0 Å². The molecule has 2 aromatic rings. The van der Waals surface area contributed by atoms with E-state index in [1.54, 1.807) is 0 Å². The number of aromatic nitrogens is 1. The summed E-state index contributed by atoms with van der Waals surface area (Å²) in [6.45, 7) is 0.216. The van der Waals surface area contributed by atoms with Gasteiger partial charge in [0.25, 0.3) is 0 Å². The molecule has 0 amide bonds. The van der Waals surface area contributed by atoms with E-state index in [2.05, 4.69) is 4.98 Å². The first-order chi connectivity index (χ1) is 7.31. The van der Waals surface area contributed by atoms with Gasteiger partial charge in [-0.1, -0.05) is 6.07 Å². The lowest BCUT2D eigenvalue weighted by Gasteiger charge is -2.10. The van der Waals surface area contributed by atoms with Gasteiger partial charge in [0, 0.05) is 17.1 Å². The van der Waals surface area contributed by atoms with Crippen LogP contribution in [-0.2, 0) is 0 Å². The van der Waals surface area contributed by atoms with E-state index in [9.17, 15) is 5.11 Å². The summed E-state index contributed by atoms with van der Waals surface area (Å²) in [6, 6.07) is 7.69. The standard InChI is InChI=1S/C11H12ClNO2/c12-6-8(14)7-15-11-3-1-2-10-9(11)4-5-13-10/h1-5,8,13-14H,6-7H2. The van der Waals surface area contributed by atoms with E-state index >= 15 is 0 Å². The quantitative estimate of drug-likeness (QED) is 0.784. The smallest absolute Gasteiger partial charge is 0.128 e. The van der Waals surface area contributed by atoms with Crippen LogP contribution in [0, 0.1) is 0 Å². The van der Waals surface area contributed by atoms with Crippen molar-refractivity contribution in [2.24, 2.45) is 0 Å². The van der Waals surface area contributed by atoms with Gasteiger partial charge >= 0.3 is 0 Å². The van der Waals surface area contributed by atoms with E-state index in [4.69, 9.17) is 16.3 Å². The zero-order chi connectivity index (χ0) is 10.7. The lowest BCUT2D eigenvalue weighted by Crippen LogP contribution is -2.18. The predicted molar refractivity (Wildman–Crippen MR) is 60.5 cm³/mol. The third kappa shape index (κ3) is 2.25. The molecule has 0 saturated carbocycles. The number of hydrogen-bond donors (Lipinski definition) is 2. The summed E-state index contributed by atoms with van der Waals surface area (Å²) in [5.74, 6) is 0.946. The first-order valence-electron chi connectivity index (χ1n) is 4.74. The predicted octanol–water partition coefficient (Wildman–Crippen LogP) is 2.15. The molecule has 1 atom stereocenters. The largest absolute Gasteiger partial charge is 0.490 e. The average molecular weight is 226 g/mol. The van der Waals surface area contributed by atoms with Crippen molar-refractivity contribution in [1.29, 1.82) is 0 Å². The van der Waals surface area contributed by atoms with Crippen molar-refractivity contribution in [1.82, 2.24) is 4.98 Å². The van der Waals surface area contributed by atoms with Crippen molar-refractivity contribution in [3.8, 4) is 5.75 Å². The minimum Gasteiger partial charge on any atom is -0.490 e. The molecule has 1 aromatic carbocycles. The molecule has 2 N–H and O–H groups in total. The van der Waals surface area contributed by atoms with Crippen LogP contribution in [0.4, 0.5) is 0 Å². The lowest BCUT2D eigenvalue weighted by atomic mass is 10.2. The molecule has 0 saturated heterocycles. The van der Waals surface area contributed by atoms with Gasteiger partial charge in [-0.15, -0.1) is 11.6 Å². The second-order valence-corrected chi connectivity index (χ2v) is 3.62. The van der Waals surface area contributed by atoms with Gasteiger partial charge in [-0.3, -0.25) is 0 Å². The number of rotatable bonds is 4. The number of benzene rings is 1. The molecule has 0 aliphatic rings. The number of aliphatic hydroxyl groups excluding tert-OH is 1. The maximum atomic E-state index is 9.28. The fourth-order valence-corrected chi connectivity index (χ4v) is 1.50. The Morgan fingerprint density at radius 2 is 2.27 bits per heavy atom. The van der Waals surface area contributed by atoms with E-state index in [1.165, 1.54) is 0 Å². The summed E-state index contributed by atoms with van der Waals surface area (Å²) in [7, 11) is 0. The highest BCUT2D eigenvalue weighted by Crippen LogP contribution is 2.24. The SMILES string of the molecule is OC(CCl)COc1cccc2[nH]ccc12. The Labute approximate surface area is 92.6 Å². The molecule has 0 radical (unpaired) electrons. The number of ether oxygens (including phenoxy) is 1. The first-order valence-corrected chi connectivity index (χ1v) is 5.27. The first kappa shape index (κ1) is 10.3. The number of halogens is 1. The van der Waals surface area contributed by atoms with Crippen LogP contribution in [0.1, 0.15) is 0 Å². The van der Waals surface area contributed by atoms with Crippen molar-refractivity contribution in [2.45, 2.75) is 6.10 Å². The minimum atomic E-state index is -0.624. The van der Waals surface area contributed by atoms with Crippen molar-refractivity contribution in [3.05, 3.63) is 30.5 Å². The maximum absolute atomic E-state index is 9.28. The summed E-state index contributed by atoms with van der Waals surface area (Å²) in [4.78, 5) is 3.09. The Hall–Kier alpha value is -1.19. The zero-order valence-electron chi connectivity index (χ0n) is 8.11. The minimum absolute atomic E-state index is 0.184. The highest BCUT2D eigenvalue weighted by molar-refractivity contribution is 6.18. The van der Waals surface area contributed by atoms with Gasteiger partial charge in [0.1, 0.15) is 18.5 Å². The third-order valence-electron chi connectivity index (χ3n) is 2.16. The molecule has 1 aromatic heterocycles. The van der Waals surface area contributed by atoms with Gasteiger partial charge in [0.05, 0.1) is 5.88 Å². The fraction of sp³-hybridized carbons (Fsp3) is 0.273. The molecule has 0 spiro atoms.